The number of ether oxygens (including phenoxy) is 1. The largest absolute Gasteiger partial charge is 0.496 e. The van der Waals surface area contributed by atoms with Crippen LogP contribution in [0.2, 0.25) is 0 Å². The molecule has 0 aliphatic carbocycles. The van der Waals surface area contributed by atoms with Crippen LogP contribution in [0.4, 0.5) is 0 Å². The molecule has 4 heteroatoms. The van der Waals surface area contributed by atoms with Gasteiger partial charge in [-0.05, 0) is 37.2 Å². The molecule has 1 unspecified atom stereocenters. The van der Waals surface area contributed by atoms with Gasteiger partial charge in [0.1, 0.15) is 5.75 Å². The molecule has 0 aliphatic rings. The Balaban J connectivity index is 2.11. The zero-order chi connectivity index (χ0) is 12.1. The maximum absolute atomic E-state index is 5.21. The van der Waals surface area contributed by atoms with Crippen molar-refractivity contribution in [2.45, 2.75) is 12.5 Å². The first kappa shape index (κ1) is 12.1. The zero-order valence-corrected chi connectivity index (χ0v) is 10.8. The van der Waals surface area contributed by atoms with Gasteiger partial charge < -0.3 is 10.1 Å². The highest BCUT2D eigenvalue weighted by atomic mass is 32.1. The maximum Gasteiger partial charge on any atom is 0.129 e. The lowest BCUT2D eigenvalue weighted by Gasteiger charge is -2.14. The number of nitrogens with one attached hydrogen (secondary N) is 1. The molecule has 0 bridgehead atoms. The van der Waals surface area contributed by atoms with Crippen molar-refractivity contribution in [3.63, 3.8) is 0 Å². The van der Waals surface area contributed by atoms with Crippen molar-refractivity contribution < 1.29 is 4.74 Å². The minimum absolute atomic E-state index is 0.325. The third kappa shape index (κ3) is 3.05. The molecule has 2 rings (SSSR count). The average Bonchev–Trinajstić information content (AvgIpc) is 2.86. The molecule has 0 amide bonds. The number of thiophene rings is 1. The highest BCUT2D eigenvalue weighted by Gasteiger charge is 2.12. The van der Waals surface area contributed by atoms with Crippen molar-refractivity contribution in [3.8, 4) is 5.75 Å². The average molecular weight is 248 g/mol. The van der Waals surface area contributed by atoms with Gasteiger partial charge in [0.2, 0.25) is 0 Å². The molecule has 2 aromatic rings. The minimum Gasteiger partial charge on any atom is -0.496 e. The summed E-state index contributed by atoms with van der Waals surface area (Å²) in [6.07, 6.45) is 4.62. The van der Waals surface area contributed by atoms with Gasteiger partial charge in [-0.2, -0.15) is 0 Å². The van der Waals surface area contributed by atoms with Crippen molar-refractivity contribution in [2.75, 3.05) is 14.2 Å². The number of nitrogens with zero attached hydrogens (tertiary/aromatic N) is 1. The van der Waals surface area contributed by atoms with Gasteiger partial charge in [-0.3, -0.25) is 4.98 Å². The summed E-state index contributed by atoms with van der Waals surface area (Å²) in [5.74, 6) is 0.931. The number of rotatable bonds is 5. The summed E-state index contributed by atoms with van der Waals surface area (Å²) in [5.41, 5.74) is 1.28. The molecule has 17 heavy (non-hydrogen) atoms. The van der Waals surface area contributed by atoms with Crippen molar-refractivity contribution in [1.29, 1.82) is 0 Å². The second-order valence-corrected chi connectivity index (χ2v) is 4.73. The molecule has 0 fully saturated rings. The lowest BCUT2D eigenvalue weighted by Crippen LogP contribution is -2.17. The Morgan fingerprint density at radius 3 is 2.76 bits per heavy atom. The molecule has 90 valence electrons. The summed E-state index contributed by atoms with van der Waals surface area (Å²) in [5, 5.41) is 5.37. The maximum atomic E-state index is 5.21. The lowest BCUT2D eigenvalue weighted by atomic mass is 10.1. The third-order valence-corrected chi connectivity index (χ3v) is 3.74. The van der Waals surface area contributed by atoms with Crippen molar-refractivity contribution in [3.05, 3.63) is 46.4 Å². The zero-order valence-electron chi connectivity index (χ0n) is 10.0. The van der Waals surface area contributed by atoms with Crippen molar-refractivity contribution in [2.24, 2.45) is 0 Å². The van der Waals surface area contributed by atoms with Gasteiger partial charge in [0, 0.05) is 28.7 Å². The van der Waals surface area contributed by atoms with Crippen LogP contribution >= 0.6 is 11.3 Å². The Bertz CT molecular complexity index is 455. The Morgan fingerprint density at radius 2 is 2.18 bits per heavy atom. The topological polar surface area (TPSA) is 34.2 Å². The van der Waals surface area contributed by atoms with Crippen LogP contribution in [0.15, 0.2) is 36.0 Å². The van der Waals surface area contributed by atoms with Gasteiger partial charge in [0.25, 0.3) is 0 Å². The van der Waals surface area contributed by atoms with Crippen LogP contribution in [0, 0.1) is 0 Å². The van der Waals surface area contributed by atoms with E-state index in [0.29, 0.717) is 6.04 Å². The van der Waals surface area contributed by atoms with E-state index in [1.165, 1.54) is 10.4 Å². The van der Waals surface area contributed by atoms with Crippen molar-refractivity contribution >= 4 is 11.3 Å². The fourth-order valence-electron chi connectivity index (χ4n) is 1.72. The Kier molecular flexibility index (Phi) is 4.12. The molecular formula is C13H16N2OS. The van der Waals surface area contributed by atoms with Crippen molar-refractivity contribution in [1.82, 2.24) is 10.3 Å². The van der Waals surface area contributed by atoms with Gasteiger partial charge in [-0.15, -0.1) is 11.3 Å². The molecule has 0 radical (unpaired) electrons. The molecule has 2 aromatic heterocycles. The number of aromatic nitrogens is 1. The standard InChI is InChI=1S/C13H16N2OS/c1-14-12(7-10-3-5-15-6-4-10)13-8-11(16-2)9-17-13/h3-6,8-9,12,14H,7H2,1-2H3. The second kappa shape index (κ2) is 5.80. The molecular weight excluding hydrogens is 232 g/mol. The predicted octanol–water partition coefficient (Wildman–Crippen LogP) is 2.65. The van der Waals surface area contributed by atoms with E-state index in [1.807, 2.05) is 24.8 Å². The Labute approximate surface area is 105 Å². The summed E-state index contributed by atoms with van der Waals surface area (Å²) in [6.45, 7) is 0. The summed E-state index contributed by atoms with van der Waals surface area (Å²) >= 11 is 1.72. The van der Waals surface area contributed by atoms with E-state index in [4.69, 9.17) is 4.74 Å². The first-order chi connectivity index (χ1) is 8.33. The van der Waals surface area contributed by atoms with Gasteiger partial charge in [0.15, 0.2) is 0 Å². The summed E-state index contributed by atoms with van der Waals surface area (Å²) in [7, 11) is 3.68. The van der Waals surface area contributed by atoms with Crippen LogP contribution in [0.25, 0.3) is 0 Å². The molecule has 3 nitrogen and oxygen atoms in total. The fourth-order valence-corrected chi connectivity index (χ4v) is 2.69. The van der Waals surface area contributed by atoms with Gasteiger partial charge in [-0.1, -0.05) is 0 Å². The van der Waals surface area contributed by atoms with E-state index in [9.17, 15) is 0 Å². The molecule has 0 spiro atoms. The summed E-state index contributed by atoms with van der Waals surface area (Å²) in [6, 6.07) is 6.52. The van der Waals surface area contributed by atoms with Crippen LogP contribution in [0.5, 0.6) is 5.75 Å². The number of pyridine rings is 1. The Hall–Kier alpha value is -1.39. The quantitative estimate of drug-likeness (QED) is 0.883. The summed E-state index contributed by atoms with van der Waals surface area (Å²) < 4.78 is 5.21. The molecule has 0 aromatic carbocycles. The van der Waals surface area contributed by atoms with Gasteiger partial charge in [0.05, 0.1) is 7.11 Å². The van der Waals surface area contributed by atoms with Crippen LogP contribution < -0.4 is 10.1 Å². The van der Waals surface area contributed by atoms with Gasteiger partial charge >= 0.3 is 0 Å². The summed E-state index contributed by atoms with van der Waals surface area (Å²) in [4.78, 5) is 5.32. The Morgan fingerprint density at radius 1 is 1.41 bits per heavy atom. The van der Waals surface area contributed by atoms with E-state index in [0.717, 1.165) is 12.2 Å². The molecule has 0 saturated carbocycles. The van der Waals surface area contributed by atoms with E-state index >= 15 is 0 Å². The van der Waals surface area contributed by atoms with Crippen LogP contribution in [-0.2, 0) is 6.42 Å². The van der Waals surface area contributed by atoms with Crippen LogP contribution in [0.1, 0.15) is 16.5 Å². The molecule has 1 N–H and O–H groups in total. The van der Waals surface area contributed by atoms with E-state index in [-0.39, 0.29) is 0 Å². The smallest absolute Gasteiger partial charge is 0.129 e. The molecule has 2 heterocycles. The monoisotopic (exact) mass is 248 g/mol. The second-order valence-electron chi connectivity index (χ2n) is 3.79. The molecule has 1 atom stereocenters. The highest BCUT2D eigenvalue weighted by Crippen LogP contribution is 2.28. The third-order valence-electron chi connectivity index (χ3n) is 2.71. The van der Waals surface area contributed by atoms with E-state index < -0.39 is 0 Å². The number of methoxy groups -OCH3 is 1. The highest BCUT2D eigenvalue weighted by molar-refractivity contribution is 7.10. The number of likely N-dealkylation sites (N-methyl/N-ethyl adjacent to an activating group) is 1. The number of hydrogen-bond acceptors (Lipinski definition) is 4. The first-order valence-corrected chi connectivity index (χ1v) is 6.40. The van der Waals surface area contributed by atoms with E-state index in [2.05, 4.69) is 28.5 Å². The SMILES string of the molecule is CNC(Cc1ccncc1)c1cc(OC)cs1. The molecule has 0 saturated heterocycles. The fraction of sp³-hybridized carbons (Fsp3) is 0.308. The molecule has 0 aliphatic heterocycles. The predicted molar refractivity (Wildman–Crippen MR) is 70.6 cm³/mol. The lowest BCUT2D eigenvalue weighted by molar-refractivity contribution is 0.416. The van der Waals surface area contributed by atoms with E-state index in [1.54, 1.807) is 18.4 Å². The normalized spacial score (nSPS) is 12.4. The van der Waals surface area contributed by atoms with Crippen LogP contribution in [-0.4, -0.2) is 19.1 Å². The first-order valence-electron chi connectivity index (χ1n) is 5.52. The van der Waals surface area contributed by atoms with Gasteiger partial charge in [-0.25, -0.2) is 0 Å². The minimum atomic E-state index is 0.325. The number of hydrogen-bond donors (Lipinski definition) is 1. The van der Waals surface area contributed by atoms with Crippen LogP contribution in [0.3, 0.4) is 0 Å².